The van der Waals surface area contributed by atoms with Gasteiger partial charge in [0.2, 0.25) is 0 Å². The Morgan fingerprint density at radius 2 is 2.21 bits per heavy atom. The van der Waals surface area contributed by atoms with Crippen LogP contribution in [0, 0.1) is 0 Å². The molecule has 14 heavy (non-hydrogen) atoms. The first-order valence-electron chi connectivity index (χ1n) is 4.09. The van der Waals surface area contributed by atoms with Crippen LogP contribution in [0.2, 0.25) is 0 Å². The maximum absolute atomic E-state index is 11.3. The Morgan fingerprint density at radius 3 is 3.00 bits per heavy atom. The number of oxazole rings is 1. The second-order valence-electron chi connectivity index (χ2n) is 2.65. The predicted octanol–water partition coefficient (Wildman–Crippen LogP) is 1.61. The van der Waals surface area contributed by atoms with Gasteiger partial charge in [0.25, 0.3) is 0 Å². The SMILES string of the molecule is C=C/C=N/n1c(=O)oc2ccccc21. The van der Waals surface area contributed by atoms with Crippen molar-refractivity contribution in [1.29, 1.82) is 0 Å². The maximum atomic E-state index is 11.3. The molecule has 0 aliphatic heterocycles. The quantitative estimate of drug-likeness (QED) is 0.672. The number of nitrogens with zero attached hydrogens (tertiary/aromatic N) is 2. The zero-order valence-electron chi connectivity index (χ0n) is 7.38. The minimum atomic E-state index is -0.496. The summed E-state index contributed by atoms with van der Waals surface area (Å²) in [6.07, 6.45) is 2.93. The van der Waals surface area contributed by atoms with Crippen LogP contribution in [0.25, 0.3) is 11.1 Å². The molecule has 0 aliphatic rings. The molecule has 0 bridgehead atoms. The third kappa shape index (κ3) is 1.26. The van der Waals surface area contributed by atoms with Gasteiger partial charge in [-0.15, -0.1) is 0 Å². The lowest BCUT2D eigenvalue weighted by Gasteiger charge is -1.89. The number of aromatic nitrogens is 1. The number of hydrogen-bond donors (Lipinski definition) is 0. The number of rotatable bonds is 2. The van der Waals surface area contributed by atoms with Crippen LogP contribution in [0.1, 0.15) is 0 Å². The minimum Gasteiger partial charge on any atom is -0.406 e. The molecule has 0 fully saturated rings. The van der Waals surface area contributed by atoms with Gasteiger partial charge in [-0.25, -0.2) is 4.79 Å². The number of benzene rings is 1. The molecule has 1 aromatic heterocycles. The third-order valence-electron chi connectivity index (χ3n) is 1.75. The Bertz CT molecular complexity index is 548. The highest BCUT2D eigenvalue weighted by Crippen LogP contribution is 2.10. The van der Waals surface area contributed by atoms with Gasteiger partial charge in [-0.2, -0.15) is 9.78 Å². The van der Waals surface area contributed by atoms with Crippen LogP contribution in [0.5, 0.6) is 0 Å². The minimum absolute atomic E-state index is 0.496. The van der Waals surface area contributed by atoms with Crippen LogP contribution in [0.4, 0.5) is 0 Å². The summed E-state index contributed by atoms with van der Waals surface area (Å²) in [5.74, 6) is -0.496. The molecule has 0 atom stereocenters. The Balaban J connectivity index is 2.74. The van der Waals surface area contributed by atoms with Gasteiger partial charge in [0.05, 0.1) is 0 Å². The first-order chi connectivity index (χ1) is 6.83. The maximum Gasteiger partial charge on any atom is 0.440 e. The molecule has 2 rings (SSSR count). The van der Waals surface area contributed by atoms with Crippen molar-refractivity contribution >= 4 is 17.3 Å². The molecule has 4 heteroatoms. The van der Waals surface area contributed by atoms with Crippen LogP contribution < -0.4 is 5.76 Å². The van der Waals surface area contributed by atoms with Crippen LogP contribution in [-0.2, 0) is 0 Å². The van der Waals surface area contributed by atoms with E-state index in [-0.39, 0.29) is 0 Å². The fraction of sp³-hybridized carbons (Fsp3) is 0. The van der Waals surface area contributed by atoms with Crippen molar-refractivity contribution in [2.45, 2.75) is 0 Å². The Hall–Kier alpha value is -2.10. The molecule has 0 unspecified atom stereocenters. The van der Waals surface area contributed by atoms with E-state index >= 15 is 0 Å². The van der Waals surface area contributed by atoms with E-state index in [9.17, 15) is 4.79 Å². The predicted molar refractivity (Wildman–Crippen MR) is 54.6 cm³/mol. The summed E-state index contributed by atoms with van der Waals surface area (Å²) in [6.45, 7) is 3.47. The van der Waals surface area contributed by atoms with Gasteiger partial charge in [-0.1, -0.05) is 18.7 Å². The topological polar surface area (TPSA) is 47.5 Å². The zero-order chi connectivity index (χ0) is 9.97. The molecule has 0 aliphatic carbocycles. The Morgan fingerprint density at radius 1 is 1.43 bits per heavy atom. The molecule has 0 N–H and O–H groups in total. The van der Waals surface area contributed by atoms with Crippen molar-refractivity contribution in [2.24, 2.45) is 5.10 Å². The summed E-state index contributed by atoms with van der Waals surface area (Å²) in [5, 5.41) is 3.88. The van der Waals surface area contributed by atoms with Gasteiger partial charge in [-0.3, -0.25) is 0 Å². The smallest absolute Gasteiger partial charge is 0.406 e. The largest absolute Gasteiger partial charge is 0.440 e. The highest BCUT2D eigenvalue weighted by Gasteiger charge is 2.05. The first-order valence-corrected chi connectivity index (χ1v) is 4.09. The first kappa shape index (κ1) is 8.50. The molecular formula is C10H8N2O2. The number of para-hydroxylation sites is 2. The van der Waals surface area contributed by atoms with Gasteiger partial charge in [0.1, 0.15) is 5.52 Å². The van der Waals surface area contributed by atoms with Gasteiger partial charge < -0.3 is 4.42 Å². The average molecular weight is 188 g/mol. The molecule has 70 valence electrons. The fourth-order valence-electron chi connectivity index (χ4n) is 1.18. The lowest BCUT2D eigenvalue weighted by Crippen LogP contribution is -2.08. The van der Waals surface area contributed by atoms with Crippen LogP contribution >= 0.6 is 0 Å². The lowest BCUT2D eigenvalue weighted by atomic mass is 10.3. The molecule has 1 heterocycles. The van der Waals surface area contributed by atoms with Crippen LogP contribution in [0.3, 0.4) is 0 Å². The molecule has 4 nitrogen and oxygen atoms in total. The van der Waals surface area contributed by atoms with Crippen molar-refractivity contribution in [1.82, 2.24) is 4.68 Å². The van der Waals surface area contributed by atoms with Gasteiger partial charge in [-0.05, 0) is 18.2 Å². The van der Waals surface area contributed by atoms with Crippen molar-refractivity contribution in [3.05, 3.63) is 47.5 Å². The number of allylic oxidation sites excluding steroid dienone is 1. The van der Waals surface area contributed by atoms with E-state index in [1.807, 2.05) is 6.07 Å². The van der Waals surface area contributed by atoms with Gasteiger partial charge in [0.15, 0.2) is 5.58 Å². The van der Waals surface area contributed by atoms with Crippen molar-refractivity contribution < 1.29 is 4.42 Å². The van der Waals surface area contributed by atoms with Crippen molar-refractivity contribution in [2.75, 3.05) is 0 Å². The van der Waals surface area contributed by atoms with Crippen LogP contribution in [0.15, 0.2) is 51.2 Å². The molecule has 0 amide bonds. The van der Waals surface area contributed by atoms with E-state index in [1.54, 1.807) is 18.2 Å². The lowest BCUT2D eigenvalue weighted by molar-refractivity contribution is 0.525. The summed E-state index contributed by atoms with van der Waals surface area (Å²) in [5.41, 5.74) is 1.18. The number of hydrogen-bond acceptors (Lipinski definition) is 3. The van der Waals surface area contributed by atoms with E-state index < -0.39 is 5.76 Å². The summed E-state index contributed by atoms with van der Waals surface area (Å²) in [4.78, 5) is 11.3. The molecule has 0 saturated heterocycles. The van der Waals surface area contributed by atoms with E-state index in [0.29, 0.717) is 11.1 Å². The summed E-state index contributed by atoms with van der Waals surface area (Å²) >= 11 is 0. The molecule has 0 spiro atoms. The fourth-order valence-corrected chi connectivity index (χ4v) is 1.18. The van der Waals surface area contributed by atoms with Crippen molar-refractivity contribution in [3.8, 4) is 0 Å². The third-order valence-corrected chi connectivity index (χ3v) is 1.75. The molecule has 0 saturated carbocycles. The molecule has 2 aromatic rings. The van der Waals surface area contributed by atoms with E-state index in [1.165, 1.54) is 17.0 Å². The second kappa shape index (κ2) is 3.33. The van der Waals surface area contributed by atoms with E-state index in [0.717, 1.165) is 0 Å². The monoisotopic (exact) mass is 188 g/mol. The average Bonchev–Trinajstić information content (AvgIpc) is 2.51. The Labute approximate surface area is 79.8 Å². The second-order valence-corrected chi connectivity index (χ2v) is 2.65. The zero-order valence-corrected chi connectivity index (χ0v) is 7.38. The van der Waals surface area contributed by atoms with Crippen molar-refractivity contribution in [3.63, 3.8) is 0 Å². The van der Waals surface area contributed by atoms with E-state index in [2.05, 4.69) is 11.7 Å². The normalized spacial score (nSPS) is 11.1. The van der Waals surface area contributed by atoms with Crippen LogP contribution in [-0.4, -0.2) is 10.9 Å². The summed E-state index contributed by atoms with van der Waals surface area (Å²) in [7, 11) is 0. The van der Waals surface area contributed by atoms with E-state index in [4.69, 9.17) is 4.42 Å². The summed E-state index contributed by atoms with van der Waals surface area (Å²) < 4.78 is 6.15. The molecular weight excluding hydrogens is 180 g/mol. The molecule has 0 radical (unpaired) electrons. The molecule has 1 aromatic carbocycles. The highest BCUT2D eigenvalue weighted by molar-refractivity contribution is 5.74. The highest BCUT2D eigenvalue weighted by atomic mass is 16.4. The van der Waals surface area contributed by atoms with Gasteiger partial charge >= 0.3 is 5.76 Å². The van der Waals surface area contributed by atoms with Gasteiger partial charge in [0, 0.05) is 6.21 Å². The Kier molecular flexibility index (Phi) is 2.02. The number of fused-ring (bicyclic) bond motifs is 1. The summed E-state index contributed by atoms with van der Waals surface area (Å²) in [6, 6.07) is 7.10. The standard InChI is InChI=1S/C10H8N2O2/c1-2-7-11-12-8-5-3-4-6-9(8)14-10(12)13/h2-7H,1H2/b11-7+.